The molecule has 0 aromatic heterocycles. The van der Waals surface area contributed by atoms with Crippen molar-refractivity contribution in [3.63, 3.8) is 0 Å². The number of aliphatic hydroxyl groups is 4. The molecule has 5 atom stereocenters. The summed E-state index contributed by atoms with van der Waals surface area (Å²) in [5.41, 5.74) is 0. The molecular formula is C9H17NO6. The minimum Gasteiger partial charge on any atom is -0.394 e. The topological polar surface area (TPSA) is 119 Å². The van der Waals surface area contributed by atoms with Crippen LogP contribution >= 0.6 is 0 Å². The Hall–Kier alpha value is -0.730. The van der Waals surface area contributed by atoms with E-state index in [0.29, 0.717) is 0 Å². The maximum atomic E-state index is 11.1. The molecular weight excluding hydrogens is 218 g/mol. The van der Waals surface area contributed by atoms with Gasteiger partial charge in [-0.2, -0.15) is 0 Å². The average Bonchev–Trinajstić information content (AvgIpc) is 2.29. The zero-order valence-corrected chi connectivity index (χ0v) is 8.91. The van der Waals surface area contributed by atoms with Gasteiger partial charge in [0, 0.05) is 6.42 Å². The van der Waals surface area contributed by atoms with Crippen molar-refractivity contribution in [3.8, 4) is 0 Å². The first-order chi connectivity index (χ1) is 7.51. The maximum absolute atomic E-state index is 11.1. The van der Waals surface area contributed by atoms with E-state index in [1.165, 1.54) is 0 Å². The van der Waals surface area contributed by atoms with Crippen LogP contribution in [0.2, 0.25) is 0 Å². The zero-order valence-electron chi connectivity index (χ0n) is 8.91. The van der Waals surface area contributed by atoms with Crippen molar-refractivity contribution in [2.75, 3.05) is 6.61 Å². The number of carbonyl (C=O) groups excluding carboxylic acids is 1. The third-order valence-electron chi connectivity index (χ3n) is 2.52. The second-order valence-electron chi connectivity index (χ2n) is 3.67. The van der Waals surface area contributed by atoms with Gasteiger partial charge in [0.05, 0.1) is 6.61 Å². The monoisotopic (exact) mass is 235 g/mol. The van der Waals surface area contributed by atoms with Crippen molar-refractivity contribution < 1.29 is 30.0 Å². The van der Waals surface area contributed by atoms with E-state index in [9.17, 15) is 20.1 Å². The second kappa shape index (κ2) is 5.55. The van der Waals surface area contributed by atoms with E-state index in [-0.39, 0.29) is 12.3 Å². The van der Waals surface area contributed by atoms with Crippen molar-refractivity contribution in [1.82, 2.24) is 5.32 Å². The summed E-state index contributed by atoms with van der Waals surface area (Å²) in [6.07, 6.45) is -6.21. The Morgan fingerprint density at radius 2 is 1.88 bits per heavy atom. The number of hydrogen-bond donors (Lipinski definition) is 5. The fourth-order valence-corrected chi connectivity index (χ4v) is 1.48. The fraction of sp³-hybridized carbons (Fsp3) is 0.889. The van der Waals surface area contributed by atoms with Gasteiger partial charge in [0.2, 0.25) is 5.91 Å². The SMILES string of the molecule is CCC(=O)NC1O[C@H](CO)[C@H](O)[C@@H](O)[C@H]1O. The predicted octanol–water partition coefficient (Wildman–Crippen LogP) is -2.69. The van der Waals surface area contributed by atoms with Gasteiger partial charge in [0.15, 0.2) is 6.23 Å². The van der Waals surface area contributed by atoms with Crippen LogP contribution < -0.4 is 5.32 Å². The zero-order chi connectivity index (χ0) is 12.3. The number of ether oxygens (including phenoxy) is 1. The van der Waals surface area contributed by atoms with E-state index < -0.39 is 37.3 Å². The summed E-state index contributed by atoms with van der Waals surface area (Å²) < 4.78 is 5.06. The average molecular weight is 235 g/mol. The van der Waals surface area contributed by atoms with Crippen molar-refractivity contribution in [2.45, 2.75) is 44.0 Å². The van der Waals surface area contributed by atoms with Crippen LogP contribution in [-0.4, -0.2) is 63.6 Å². The van der Waals surface area contributed by atoms with Crippen LogP contribution in [0.5, 0.6) is 0 Å². The predicted molar refractivity (Wildman–Crippen MR) is 52.2 cm³/mol. The number of amides is 1. The van der Waals surface area contributed by atoms with Gasteiger partial charge in [-0.15, -0.1) is 0 Å². The Bertz CT molecular complexity index is 246. The lowest BCUT2D eigenvalue weighted by atomic mass is 9.98. The van der Waals surface area contributed by atoms with Crippen LogP contribution in [0.3, 0.4) is 0 Å². The van der Waals surface area contributed by atoms with Crippen molar-refractivity contribution in [1.29, 1.82) is 0 Å². The molecule has 1 unspecified atom stereocenters. The first kappa shape index (κ1) is 13.3. The number of aliphatic hydroxyl groups excluding tert-OH is 4. The van der Waals surface area contributed by atoms with Gasteiger partial charge >= 0.3 is 0 Å². The molecule has 0 radical (unpaired) electrons. The van der Waals surface area contributed by atoms with Gasteiger partial charge < -0.3 is 30.5 Å². The smallest absolute Gasteiger partial charge is 0.221 e. The van der Waals surface area contributed by atoms with E-state index in [1.54, 1.807) is 6.92 Å². The highest BCUT2D eigenvalue weighted by molar-refractivity contribution is 5.75. The first-order valence-electron chi connectivity index (χ1n) is 5.11. The van der Waals surface area contributed by atoms with E-state index in [4.69, 9.17) is 9.84 Å². The molecule has 1 aliphatic rings. The highest BCUT2D eigenvalue weighted by Gasteiger charge is 2.43. The lowest BCUT2D eigenvalue weighted by molar-refractivity contribution is -0.235. The van der Waals surface area contributed by atoms with Crippen LogP contribution in [0.1, 0.15) is 13.3 Å². The van der Waals surface area contributed by atoms with Crippen LogP contribution in [0.15, 0.2) is 0 Å². The Morgan fingerprint density at radius 3 is 2.38 bits per heavy atom. The lowest BCUT2D eigenvalue weighted by Gasteiger charge is -2.40. The number of carbonyl (C=O) groups is 1. The summed E-state index contributed by atoms with van der Waals surface area (Å²) in [5, 5.41) is 39.6. The highest BCUT2D eigenvalue weighted by atomic mass is 16.6. The highest BCUT2D eigenvalue weighted by Crippen LogP contribution is 2.19. The molecule has 0 bridgehead atoms. The van der Waals surface area contributed by atoms with Gasteiger partial charge in [-0.3, -0.25) is 4.79 Å². The third kappa shape index (κ3) is 2.69. The van der Waals surface area contributed by atoms with Gasteiger partial charge in [-0.05, 0) is 0 Å². The van der Waals surface area contributed by atoms with E-state index in [0.717, 1.165) is 0 Å². The van der Waals surface area contributed by atoms with E-state index in [1.807, 2.05) is 0 Å². The van der Waals surface area contributed by atoms with Crippen LogP contribution in [-0.2, 0) is 9.53 Å². The Balaban J connectivity index is 2.67. The Kier molecular flexibility index (Phi) is 4.63. The van der Waals surface area contributed by atoms with Crippen molar-refractivity contribution in [3.05, 3.63) is 0 Å². The van der Waals surface area contributed by atoms with Gasteiger partial charge in [-0.25, -0.2) is 0 Å². The molecule has 1 rings (SSSR count). The standard InChI is InChI=1S/C9H17NO6/c1-2-5(12)10-9-8(15)7(14)6(13)4(3-11)16-9/h4,6-9,11,13-15H,2-3H2,1H3,(H,10,12)/t4-,6+,7-,8-,9?/m1/s1. The molecule has 1 aliphatic heterocycles. The van der Waals surface area contributed by atoms with Crippen LogP contribution in [0.4, 0.5) is 0 Å². The number of nitrogens with one attached hydrogen (secondary N) is 1. The van der Waals surface area contributed by atoms with Crippen molar-refractivity contribution >= 4 is 5.91 Å². The van der Waals surface area contributed by atoms with Crippen LogP contribution in [0.25, 0.3) is 0 Å². The van der Waals surface area contributed by atoms with E-state index in [2.05, 4.69) is 5.32 Å². The molecule has 1 fully saturated rings. The summed E-state index contributed by atoms with van der Waals surface area (Å²) in [5.74, 6) is -0.357. The summed E-state index contributed by atoms with van der Waals surface area (Å²) in [6.45, 7) is 1.11. The van der Waals surface area contributed by atoms with Crippen LogP contribution in [0, 0.1) is 0 Å². The molecule has 1 saturated heterocycles. The molecule has 1 heterocycles. The van der Waals surface area contributed by atoms with E-state index >= 15 is 0 Å². The molecule has 94 valence electrons. The molecule has 0 spiro atoms. The fourth-order valence-electron chi connectivity index (χ4n) is 1.48. The molecule has 7 heteroatoms. The third-order valence-corrected chi connectivity index (χ3v) is 2.52. The quantitative estimate of drug-likeness (QED) is 0.363. The van der Waals surface area contributed by atoms with Gasteiger partial charge in [-0.1, -0.05) is 6.92 Å². The Labute approximate surface area is 92.7 Å². The number of rotatable bonds is 3. The molecule has 0 aliphatic carbocycles. The summed E-state index contributed by atoms with van der Waals surface area (Å²) in [4.78, 5) is 11.1. The molecule has 0 saturated carbocycles. The normalized spacial score (nSPS) is 39.4. The maximum Gasteiger partial charge on any atom is 0.221 e. The number of hydrogen-bond acceptors (Lipinski definition) is 6. The molecule has 1 amide bonds. The van der Waals surface area contributed by atoms with Gasteiger partial charge in [0.1, 0.15) is 24.4 Å². The first-order valence-corrected chi connectivity index (χ1v) is 5.11. The summed E-state index contributed by atoms with van der Waals surface area (Å²) >= 11 is 0. The van der Waals surface area contributed by atoms with Crippen molar-refractivity contribution in [2.24, 2.45) is 0 Å². The summed E-state index contributed by atoms with van der Waals surface area (Å²) in [7, 11) is 0. The second-order valence-corrected chi connectivity index (χ2v) is 3.67. The molecule has 16 heavy (non-hydrogen) atoms. The summed E-state index contributed by atoms with van der Waals surface area (Å²) in [6, 6.07) is 0. The molecule has 0 aromatic rings. The lowest BCUT2D eigenvalue weighted by Crippen LogP contribution is -2.63. The molecule has 0 aromatic carbocycles. The molecule has 5 N–H and O–H groups in total. The van der Waals surface area contributed by atoms with Gasteiger partial charge in [0.25, 0.3) is 0 Å². The largest absolute Gasteiger partial charge is 0.394 e. The Morgan fingerprint density at radius 1 is 1.25 bits per heavy atom. The minimum atomic E-state index is -1.46. The molecule has 7 nitrogen and oxygen atoms in total. The minimum absolute atomic E-state index is 0.203.